The lowest BCUT2D eigenvalue weighted by atomic mass is 10.1. The highest BCUT2D eigenvalue weighted by atomic mass is 16.5. The minimum absolute atomic E-state index is 0.328. The number of aromatic amines is 1. The zero-order chi connectivity index (χ0) is 17.2. The lowest BCUT2D eigenvalue weighted by Gasteiger charge is -2.22. The molecule has 5 nitrogen and oxygen atoms in total. The lowest BCUT2D eigenvalue weighted by Crippen LogP contribution is -2.23. The third-order valence-electron chi connectivity index (χ3n) is 4.97. The molecule has 0 amide bonds. The number of H-pyrrole nitrogens is 1. The Kier molecular flexibility index (Phi) is 4.40. The third kappa shape index (κ3) is 3.24. The zero-order valence-electron chi connectivity index (χ0n) is 14.8. The van der Waals surface area contributed by atoms with E-state index in [0.29, 0.717) is 12.0 Å². The van der Waals surface area contributed by atoms with E-state index in [0.717, 1.165) is 36.7 Å². The minimum atomic E-state index is 0.328. The van der Waals surface area contributed by atoms with Crippen molar-refractivity contribution in [1.29, 1.82) is 0 Å². The second kappa shape index (κ2) is 6.84. The Morgan fingerprint density at radius 2 is 2.12 bits per heavy atom. The molecule has 1 aliphatic rings. The van der Waals surface area contributed by atoms with E-state index in [1.807, 2.05) is 12.3 Å². The van der Waals surface area contributed by atoms with Gasteiger partial charge in [0.2, 0.25) is 0 Å². The first kappa shape index (κ1) is 16.1. The van der Waals surface area contributed by atoms with Crippen LogP contribution in [0.2, 0.25) is 0 Å². The van der Waals surface area contributed by atoms with Crippen molar-refractivity contribution in [3.8, 4) is 11.3 Å². The summed E-state index contributed by atoms with van der Waals surface area (Å²) in [7, 11) is 0. The van der Waals surface area contributed by atoms with Gasteiger partial charge in [0.25, 0.3) is 0 Å². The van der Waals surface area contributed by atoms with Gasteiger partial charge < -0.3 is 4.52 Å². The summed E-state index contributed by atoms with van der Waals surface area (Å²) in [6.07, 6.45) is 4.26. The van der Waals surface area contributed by atoms with Crippen LogP contribution >= 0.6 is 0 Å². The number of hydrogen-bond donors (Lipinski definition) is 1. The molecule has 130 valence electrons. The first-order valence-corrected chi connectivity index (χ1v) is 9.00. The van der Waals surface area contributed by atoms with Crippen LogP contribution < -0.4 is 0 Å². The zero-order valence-corrected chi connectivity index (χ0v) is 14.8. The molecule has 4 rings (SSSR count). The summed E-state index contributed by atoms with van der Waals surface area (Å²) in [5.41, 5.74) is 4.57. The number of hydrogen-bond acceptors (Lipinski definition) is 4. The van der Waals surface area contributed by atoms with Gasteiger partial charge in [-0.3, -0.25) is 10.00 Å². The van der Waals surface area contributed by atoms with E-state index < -0.39 is 0 Å². The molecule has 0 bridgehead atoms. The van der Waals surface area contributed by atoms with Crippen molar-refractivity contribution in [2.45, 2.75) is 45.2 Å². The van der Waals surface area contributed by atoms with Gasteiger partial charge in [-0.15, -0.1) is 0 Å². The van der Waals surface area contributed by atoms with Crippen LogP contribution in [0.3, 0.4) is 0 Å². The lowest BCUT2D eigenvalue weighted by molar-refractivity contribution is 0.236. The Bertz CT molecular complexity index is 821. The Morgan fingerprint density at radius 1 is 1.28 bits per heavy atom. The average molecular weight is 336 g/mol. The van der Waals surface area contributed by atoms with Crippen LogP contribution in [0.1, 0.15) is 55.7 Å². The second-order valence-electron chi connectivity index (χ2n) is 7.07. The maximum atomic E-state index is 5.52. The maximum Gasteiger partial charge on any atom is 0.139 e. The van der Waals surface area contributed by atoms with Gasteiger partial charge in [-0.1, -0.05) is 49.3 Å². The van der Waals surface area contributed by atoms with Crippen LogP contribution in [-0.4, -0.2) is 26.8 Å². The second-order valence-corrected chi connectivity index (χ2v) is 7.07. The molecule has 1 N–H and O–H groups in total. The van der Waals surface area contributed by atoms with Gasteiger partial charge >= 0.3 is 0 Å². The van der Waals surface area contributed by atoms with Crippen molar-refractivity contribution in [3.05, 3.63) is 59.6 Å². The van der Waals surface area contributed by atoms with Crippen molar-refractivity contribution in [3.63, 3.8) is 0 Å². The van der Waals surface area contributed by atoms with Gasteiger partial charge in [-0.05, 0) is 24.9 Å². The molecule has 25 heavy (non-hydrogen) atoms. The molecule has 0 radical (unpaired) electrons. The largest absolute Gasteiger partial charge is 0.361 e. The molecule has 1 fully saturated rings. The molecule has 2 aromatic heterocycles. The van der Waals surface area contributed by atoms with Gasteiger partial charge in [-0.2, -0.15) is 5.10 Å². The molecule has 1 aromatic carbocycles. The summed E-state index contributed by atoms with van der Waals surface area (Å²) in [6.45, 7) is 6.21. The van der Waals surface area contributed by atoms with Gasteiger partial charge in [-0.25, -0.2) is 0 Å². The summed E-state index contributed by atoms with van der Waals surface area (Å²) in [5.74, 6) is 1.34. The molecular formula is C20H24N4O. The molecule has 0 saturated carbocycles. The van der Waals surface area contributed by atoms with E-state index in [-0.39, 0.29) is 0 Å². The van der Waals surface area contributed by atoms with E-state index in [1.54, 1.807) is 0 Å². The fourth-order valence-corrected chi connectivity index (χ4v) is 3.59. The van der Waals surface area contributed by atoms with E-state index in [4.69, 9.17) is 4.52 Å². The Labute approximate surface area is 148 Å². The molecule has 5 heteroatoms. The van der Waals surface area contributed by atoms with Crippen LogP contribution in [0.4, 0.5) is 0 Å². The third-order valence-corrected chi connectivity index (χ3v) is 4.97. The summed E-state index contributed by atoms with van der Waals surface area (Å²) >= 11 is 0. The van der Waals surface area contributed by atoms with Gasteiger partial charge in [0.05, 0.1) is 17.9 Å². The van der Waals surface area contributed by atoms with Crippen LogP contribution in [-0.2, 0) is 6.54 Å². The molecule has 1 aliphatic heterocycles. The molecule has 0 spiro atoms. The number of rotatable bonds is 5. The number of likely N-dealkylation sites (tertiary alicyclic amines) is 1. The fourth-order valence-electron chi connectivity index (χ4n) is 3.59. The predicted molar refractivity (Wildman–Crippen MR) is 97.0 cm³/mol. The molecular weight excluding hydrogens is 312 g/mol. The number of benzene rings is 1. The summed E-state index contributed by atoms with van der Waals surface area (Å²) in [5, 5.41) is 11.8. The monoisotopic (exact) mass is 336 g/mol. The number of aromatic nitrogens is 3. The number of nitrogens with one attached hydrogen (secondary N) is 1. The predicted octanol–water partition coefficient (Wildman–Crippen LogP) is 4.53. The maximum absolute atomic E-state index is 5.52. The SMILES string of the molecule is CC(C)c1cc([C@@H]2CCCN2Cc2cn[nH]c2-c2ccccc2)no1. The van der Waals surface area contributed by atoms with Crippen molar-refractivity contribution < 1.29 is 4.52 Å². The van der Waals surface area contributed by atoms with E-state index in [2.05, 4.69) is 64.4 Å². The molecule has 3 heterocycles. The van der Waals surface area contributed by atoms with Crippen molar-refractivity contribution in [2.75, 3.05) is 6.54 Å². The van der Waals surface area contributed by atoms with Crippen molar-refractivity contribution >= 4 is 0 Å². The Morgan fingerprint density at radius 3 is 2.88 bits per heavy atom. The minimum Gasteiger partial charge on any atom is -0.361 e. The molecule has 0 unspecified atom stereocenters. The smallest absolute Gasteiger partial charge is 0.139 e. The standard InChI is InChI=1S/C20H24N4O/c1-14(2)19-11-17(23-25-19)18-9-6-10-24(18)13-16-12-21-22-20(16)15-7-4-3-5-8-15/h3-5,7-8,11-12,14,18H,6,9-10,13H2,1-2H3,(H,21,22)/t18-/m0/s1. The van der Waals surface area contributed by atoms with Crippen molar-refractivity contribution in [1.82, 2.24) is 20.3 Å². The van der Waals surface area contributed by atoms with Crippen LogP contribution in [0.5, 0.6) is 0 Å². The fraction of sp³-hybridized carbons (Fsp3) is 0.400. The molecule has 1 atom stereocenters. The van der Waals surface area contributed by atoms with Crippen molar-refractivity contribution in [2.24, 2.45) is 0 Å². The van der Waals surface area contributed by atoms with Gasteiger partial charge in [0.1, 0.15) is 11.5 Å². The van der Waals surface area contributed by atoms with E-state index >= 15 is 0 Å². The van der Waals surface area contributed by atoms with Crippen LogP contribution in [0.25, 0.3) is 11.3 Å². The molecule has 3 aromatic rings. The molecule has 1 saturated heterocycles. The highest BCUT2D eigenvalue weighted by Crippen LogP contribution is 2.35. The highest BCUT2D eigenvalue weighted by Gasteiger charge is 2.29. The van der Waals surface area contributed by atoms with Gasteiger partial charge in [0.15, 0.2) is 0 Å². The average Bonchev–Trinajstić information content (AvgIpc) is 3.36. The van der Waals surface area contributed by atoms with Crippen LogP contribution in [0.15, 0.2) is 47.1 Å². The first-order chi connectivity index (χ1) is 12.2. The summed E-state index contributed by atoms with van der Waals surface area (Å²) < 4.78 is 5.52. The summed E-state index contributed by atoms with van der Waals surface area (Å²) in [4.78, 5) is 2.49. The summed E-state index contributed by atoms with van der Waals surface area (Å²) in [6, 6.07) is 12.8. The highest BCUT2D eigenvalue weighted by molar-refractivity contribution is 5.62. The van der Waals surface area contributed by atoms with E-state index in [1.165, 1.54) is 17.5 Å². The Hall–Kier alpha value is -2.40. The first-order valence-electron chi connectivity index (χ1n) is 9.00. The van der Waals surface area contributed by atoms with E-state index in [9.17, 15) is 0 Å². The van der Waals surface area contributed by atoms with Gasteiger partial charge in [0, 0.05) is 24.1 Å². The quantitative estimate of drug-likeness (QED) is 0.744. The molecule has 0 aliphatic carbocycles. The Balaban J connectivity index is 1.55. The normalized spacial score (nSPS) is 18.3. The van der Waals surface area contributed by atoms with Crippen LogP contribution in [0, 0.1) is 0 Å². The number of nitrogens with zero attached hydrogens (tertiary/aromatic N) is 3. The topological polar surface area (TPSA) is 58.0 Å².